The van der Waals surface area contributed by atoms with Crippen LogP contribution in [0.25, 0.3) is 33.3 Å². The molecule has 0 bridgehead atoms. The van der Waals surface area contributed by atoms with Crippen molar-refractivity contribution in [2.24, 2.45) is 0 Å². The maximum Gasteiger partial charge on any atom is 0.221 e. The molecule has 0 saturated carbocycles. The highest BCUT2D eigenvalue weighted by Gasteiger charge is 2.10. The number of nitrogens with zero attached hydrogens (tertiary/aromatic N) is 2. The molecule has 3 aromatic carbocycles. The molecule has 1 heterocycles. The van der Waals surface area contributed by atoms with Crippen LogP contribution in [0.4, 0.5) is 5.95 Å². The molecule has 0 aliphatic carbocycles. The fraction of sp³-hybridized carbons (Fsp3) is 0.0476. The summed E-state index contributed by atoms with van der Waals surface area (Å²) < 4.78 is 5.21. The van der Waals surface area contributed by atoms with Crippen LogP contribution in [-0.2, 0) is 0 Å². The Bertz CT molecular complexity index is 1040. The molecule has 0 aliphatic heterocycles. The van der Waals surface area contributed by atoms with Crippen LogP contribution in [0.5, 0.6) is 5.75 Å². The standard InChI is InChI=1S/C21H17N3O/c1-25-16-11-9-15(10-12-16)19-13-20(24-21(22)23-19)18-8-4-6-14-5-2-3-7-17(14)18/h2-13H,1H3,(H2,22,23,24). The van der Waals surface area contributed by atoms with E-state index < -0.39 is 0 Å². The first kappa shape index (κ1) is 15.1. The Kier molecular flexibility index (Phi) is 3.78. The second-order valence-electron chi connectivity index (χ2n) is 5.75. The second-order valence-corrected chi connectivity index (χ2v) is 5.75. The predicted octanol–water partition coefficient (Wildman–Crippen LogP) is 4.55. The minimum Gasteiger partial charge on any atom is -0.497 e. The Morgan fingerprint density at radius 2 is 1.52 bits per heavy atom. The summed E-state index contributed by atoms with van der Waals surface area (Å²) in [7, 11) is 1.65. The minimum atomic E-state index is 0.260. The number of anilines is 1. The first-order valence-corrected chi connectivity index (χ1v) is 8.02. The van der Waals surface area contributed by atoms with Gasteiger partial charge in [-0.2, -0.15) is 0 Å². The Labute approximate surface area is 145 Å². The maximum atomic E-state index is 5.99. The summed E-state index contributed by atoms with van der Waals surface area (Å²) in [5, 5.41) is 2.31. The molecule has 0 unspecified atom stereocenters. The molecule has 0 aliphatic rings. The summed E-state index contributed by atoms with van der Waals surface area (Å²) in [4.78, 5) is 8.85. The third kappa shape index (κ3) is 2.90. The van der Waals surface area contributed by atoms with E-state index in [0.717, 1.165) is 33.7 Å². The highest BCUT2D eigenvalue weighted by atomic mass is 16.5. The molecular formula is C21H17N3O. The third-order valence-corrected chi connectivity index (χ3v) is 4.19. The average molecular weight is 327 g/mol. The number of nitrogen functional groups attached to an aromatic ring is 1. The van der Waals surface area contributed by atoms with Crippen LogP contribution in [0.15, 0.2) is 72.8 Å². The Morgan fingerprint density at radius 3 is 2.32 bits per heavy atom. The molecule has 122 valence electrons. The van der Waals surface area contributed by atoms with Gasteiger partial charge in [0.05, 0.1) is 18.5 Å². The number of methoxy groups -OCH3 is 1. The number of aromatic nitrogens is 2. The van der Waals surface area contributed by atoms with E-state index in [4.69, 9.17) is 10.5 Å². The van der Waals surface area contributed by atoms with Crippen molar-refractivity contribution in [3.63, 3.8) is 0 Å². The molecule has 4 heteroatoms. The van der Waals surface area contributed by atoms with Crippen LogP contribution in [-0.4, -0.2) is 17.1 Å². The van der Waals surface area contributed by atoms with Crippen molar-refractivity contribution in [1.29, 1.82) is 0 Å². The van der Waals surface area contributed by atoms with Gasteiger partial charge in [0.2, 0.25) is 5.95 Å². The lowest BCUT2D eigenvalue weighted by Gasteiger charge is -2.09. The van der Waals surface area contributed by atoms with Crippen LogP contribution in [0.3, 0.4) is 0 Å². The van der Waals surface area contributed by atoms with E-state index in [9.17, 15) is 0 Å². The first-order valence-electron chi connectivity index (χ1n) is 8.02. The van der Waals surface area contributed by atoms with Crippen LogP contribution in [0.1, 0.15) is 0 Å². The van der Waals surface area contributed by atoms with E-state index in [1.165, 1.54) is 5.39 Å². The molecule has 0 radical (unpaired) electrons. The minimum absolute atomic E-state index is 0.260. The third-order valence-electron chi connectivity index (χ3n) is 4.19. The van der Waals surface area contributed by atoms with Gasteiger partial charge in [-0.05, 0) is 41.1 Å². The van der Waals surface area contributed by atoms with Gasteiger partial charge in [-0.15, -0.1) is 0 Å². The number of hydrogen-bond donors (Lipinski definition) is 1. The van der Waals surface area contributed by atoms with Crippen LogP contribution in [0.2, 0.25) is 0 Å². The highest BCUT2D eigenvalue weighted by Crippen LogP contribution is 2.30. The summed E-state index contributed by atoms with van der Waals surface area (Å²) >= 11 is 0. The SMILES string of the molecule is COc1ccc(-c2cc(-c3cccc4ccccc34)nc(N)n2)cc1. The van der Waals surface area contributed by atoms with Crippen molar-refractivity contribution in [2.45, 2.75) is 0 Å². The number of hydrogen-bond acceptors (Lipinski definition) is 4. The lowest BCUT2D eigenvalue weighted by Crippen LogP contribution is -1.99. The zero-order valence-corrected chi connectivity index (χ0v) is 13.8. The van der Waals surface area contributed by atoms with E-state index in [1.54, 1.807) is 7.11 Å². The molecule has 0 amide bonds. The van der Waals surface area contributed by atoms with Crippen LogP contribution in [0, 0.1) is 0 Å². The normalized spacial score (nSPS) is 10.8. The van der Waals surface area contributed by atoms with Crippen molar-refractivity contribution in [1.82, 2.24) is 9.97 Å². The number of rotatable bonds is 3. The number of benzene rings is 3. The Balaban J connectivity index is 1.86. The number of ether oxygens (including phenoxy) is 1. The Morgan fingerprint density at radius 1 is 0.800 bits per heavy atom. The lowest BCUT2D eigenvalue weighted by atomic mass is 10.0. The summed E-state index contributed by atoms with van der Waals surface area (Å²) in [6, 6.07) is 24.1. The van der Waals surface area contributed by atoms with E-state index in [1.807, 2.05) is 48.5 Å². The first-order chi connectivity index (χ1) is 12.2. The Hall–Kier alpha value is -3.40. The highest BCUT2D eigenvalue weighted by molar-refractivity contribution is 5.96. The van der Waals surface area contributed by atoms with Gasteiger partial charge in [0.25, 0.3) is 0 Å². The van der Waals surface area contributed by atoms with E-state index >= 15 is 0 Å². The van der Waals surface area contributed by atoms with Gasteiger partial charge >= 0.3 is 0 Å². The second kappa shape index (κ2) is 6.24. The van der Waals surface area contributed by atoms with Gasteiger partial charge in [-0.3, -0.25) is 0 Å². The van der Waals surface area contributed by atoms with Crippen molar-refractivity contribution in [3.8, 4) is 28.3 Å². The van der Waals surface area contributed by atoms with E-state index in [0.29, 0.717) is 0 Å². The van der Waals surface area contributed by atoms with Gasteiger partial charge in [0, 0.05) is 11.1 Å². The molecule has 0 saturated heterocycles. The average Bonchev–Trinajstić information content (AvgIpc) is 2.67. The van der Waals surface area contributed by atoms with Crippen LogP contribution >= 0.6 is 0 Å². The summed E-state index contributed by atoms with van der Waals surface area (Å²) in [5.41, 5.74) is 9.60. The monoisotopic (exact) mass is 327 g/mol. The van der Waals surface area contributed by atoms with Gasteiger partial charge in [0.1, 0.15) is 5.75 Å². The quantitative estimate of drug-likeness (QED) is 0.599. The number of nitrogens with two attached hydrogens (primary N) is 1. The maximum absolute atomic E-state index is 5.99. The smallest absolute Gasteiger partial charge is 0.221 e. The molecule has 2 N–H and O–H groups in total. The molecule has 0 atom stereocenters. The molecule has 0 spiro atoms. The van der Waals surface area contributed by atoms with Crippen molar-refractivity contribution < 1.29 is 4.74 Å². The van der Waals surface area contributed by atoms with Crippen LogP contribution < -0.4 is 10.5 Å². The lowest BCUT2D eigenvalue weighted by molar-refractivity contribution is 0.415. The largest absolute Gasteiger partial charge is 0.497 e. The summed E-state index contributed by atoms with van der Waals surface area (Å²) in [6.07, 6.45) is 0. The topological polar surface area (TPSA) is 61.0 Å². The van der Waals surface area contributed by atoms with Gasteiger partial charge < -0.3 is 10.5 Å². The number of fused-ring (bicyclic) bond motifs is 1. The van der Waals surface area contributed by atoms with Gasteiger partial charge in [-0.25, -0.2) is 9.97 Å². The van der Waals surface area contributed by atoms with Crippen molar-refractivity contribution in [2.75, 3.05) is 12.8 Å². The van der Waals surface area contributed by atoms with Crippen molar-refractivity contribution >= 4 is 16.7 Å². The molecule has 4 rings (SSSR count). The predicted molar refractivity (Wildman–Crippen MR) is 101 cm³/mol. The zero-order chi connectivity index (χ0) is 17.2. The van der Waals surface area contributed by atoms with Gasteiger partial charge in [0.15, 0.2) is 0 Å². The molecule has 0 fully saturated rings. The van der Waals surface area contributed by atoms with Gasteiger partial charge in [-0.1, -0.05) is 42.5 Å². The van der Waals surface area contributed by atoms with Crippen molar-refractivity contribution in [3.05, 3.63) is 72.8 Å². The molecule has 25 heavy (non-hydrogen) atoms. The summed E-state index contributed by atoms with van der Waals surface area (Å²) in [5.74, 6) is 1.07. The van der Waals surface area contributed by atoms with E-state index in [2.05, 4.69) is 34.2 Å². The zero-order valence-electron chi connectivity index (χ0n) is 13.8. The molecular weight excluding hydrogens is 310 g/mol. The molecule has 1 aromatic heterocycles. The van der Waals surface area contributed by atoms with E-state index in [-0.39, 0.29) is 5.95 Å². The molecule has 4 aromatic rings. The summed E-state index contributed by atoms with van der Waals surface area (Å²) in [6.45, 7) is 0. The molecule has 4 nitrogen and oxygen atoms in total. The fourth-order valence-electron chi connectivity index (χ4n) is 2.96. The fourth-order valence-corrected chi connectivity index (χ4v) is 2.96.